The number of rotatable bonds is 7. The maximum absolute atomic E-state index is 6.17. The van der Waals surface area contributed by atoms with E-state index in [1.165, 1.54) is 12.0 Å². The van der Waals surface area contributed by atoms with Gasteiger partial charge < -0.3 is 10.1 Å². The average Bonchev–Trinajstić information content (AvgIpc) is 2.42. The predicted octanol–water partition coefficient (Wildman–Crippen LogP) is 4.53. The second-order valence-electron chi connectivity index (χ2n) is 6.52. The summed E-state index contributed by atoms with van der Waals surface area (Å²) >= 11 is 0. The van der Waals surface area contributed by atoms with E-state index in [0.29, 0.717) is 6.04 Å². The van der Waals surface area contributed by atoms with Crippen molar-refractivity contribution in [3.8, 4) is 5.75 Å². The largest absolute Gasteiger partial charge is 0.489 e. The number of nitrogens with one attached hydrogen (secondary N) is 1. The Balaban J connectivity index is 2.75. The highest BCUT2D eigenvalue weighted by Crippen LogP contribution is 2.25. The standard InChI is InChI=1S/C18H31NO/c1-7-9-16(19-6)17(8-2)20-15-12-10-14(11-13-15)18(3,4)5/h10-13,16-17,19H,7-9H2,1-6H3. The summed E-state index contributed by atoms with van der Waals surface area (Å²) in [5, 5.41) is 3.38. The molecule has 0 bridgehead atoms. The van der Waals surface area contributed by atoms with Gasteiger partial charge >= 0.3 is 0 Å². The highest BCUT2D eigenvalue weighted by Gasteiger charge is 2.19. The molecule has 114 valence electrons. The first-order valence-corrected chi connectivity index (χ1v) is 7.86. The van der Waals surface area contributed by atoms with Crippen LogP contribution < -0.4 is 10.1 Å². The van der Waals surface area contributed by atoms with Crippen LogP contribution in [0.2, 0.25) is 0 Å². The van der Waals surface area contributed by atoms with Gasteiger partial charge in [-0.05, 0) is 43.0 Å². The summed E-state index contributed by atoms with van der Waals surface area (Å²) in [6.45, 7) is 11.1. The Labute approximate surface area is 124 Å². The van der Waals surface area contributed by atoms with Gasteiger partial charge in [-0.2, -0.15) is 0 Å². The van der Waals surface area contributed by atoms with Gasteiger partial charge in [-0.15, -0.1) is 0 Å². The maximum atomic E-state index is 6.17. The van der Waals surface area contributed by atoms with Crippen LogP contribution in [-0.4, -0.2) is 19.2 Å². The minimum Gasteiger partial charge on any atom is -0.489 e. The molecule has 1 aromatic carbocycles. The Kier molecular flexibility index (Phi) is 6.54. The number of ether oxygens (including phenoxy) is 1. The SMILES string of the molecule is CCCC(NC)C(CC)Oc1ccc(C(C)(C)C)cc1. The van der Waals surface area contributed by atoms with Gasteiger partial charge in [-0.1, -0.05) is 53.2 Å². The molecule has 0 heterocycles. The number of likely N-dealkylation sites (N-methyl/N-ethyl adjacent to an activating group) is 1. The zero-order valence-corrected chi connectivity index (χ0v) is 14.0. The zero-order chi connectivity index (χ0) is 15.2. The van der Waals surface area contributed by atoms with Crippen molar-refractivity contribution in [1.82, 2.24) is 5.32 Å². The van der Waals surface area contributed by atoms with E-state index in [0.717, 1.165) is 18.6 Å². The van der Waals surface area contributed by atoms with Crippen LogP contribution in [0.25, 0.3) is 0 Å². The van der Waals surface area contributed by atoms with Crippen molar-refractivity contribution in [1.29, 1.82) is 0 Å². The van der Waals surface area contributed by atoms with Gasteiger partial charge in [0, 0.05) is 6.04 Å². The minimum absolute atomic E-state index is 0.193. The topological polar surface area (TPSA) is 21.3 Å². The molecular formula is C18H31NO. The summed E-state index contributed by atoms with van der Waals surface area (Å²) < 4.78 is 6.17. The van der Waals surface area contributed by atoms with E-state index in [1.807, 2.05) is 7.05 Å². The van der Waals surface area contributed by atoms with Crippen molar-refractivity contribution in [2.45, 2.75) is 71.4 Å². The fraction of sp³-hybridized carbons (Fsp3) is 0.667. The van der Waals surface area contributed by atoms with Crippen molar-refractivity contribution in [2.24, 2.45) is 0 Å². The molecule has 1 aromatic rings. The first-order chi connectivity index (χ1) is 9.42. The second kappa shape index (κ2) is 7.68. The molecule has 0 saturated carbocycles. The van der Waals surface area contributed by atoms with Crippen LogP contribution in [0.3, 0.4) is 0 Å². The van der Waals surface area contributed by atoms with E-state index in [1.54, 1.807) is 0 Å². The van der Waals surface area contributed by atoms with Crippen molar-refractivity contribution < 1.29 is 4.74 Å². The third-order valence-corrected chi connectivity index (χ3v) is 3.83. The molecule has 0 aliphatic heterocycles. The van der Waals surface area contributed by atoms with Crippen LogP contribution in [0.4, 0.5) is 0 Å². The Morgan fingerprint density at radius 2 is 1.70 bits per heavy atom. The molecule has 0 radical (unpaired) electrons. The highest BCUT2D eigenvalue weighted by atomic mass is 16.5. The summed E-state index contributed by atoms with van der Waals surface area (Å²) in [4.78, 5) is 0. The molecule has 1 rings (SSSR count). The van der Waals surface area contributed by atoms with Gasteiger partial charge in [-0.25, -0.2) is 0 Å². The normalized spacial score (nSPS) is 14.9. The fourth-order valence-corrected chi connectivity index (χ4v) is 2.49. The molecule has 2 unspecified atom stereocenters. The summed E-state index contributed by atoms with van der Waals surface area (Å²) in [5.41, 5.74) is 1.54. The van der Waals surface area contributed by atoms with Crippen molar-refractivity contribution in [3.05, 3.63) is 29.8 Å². The summed E-state index contributed by atoms with van der Waals surface area (Å²) in [5.74, 6) is 0.973. The van der Waals surface area contributed by atoms with Gasteiger partial charge in [0.25, 0.3) is 0 Å². The molecule has 20 heavy (non-hydrogen) atoms. The van der Waals surface area contributed by atoms with Gasteiger partial charge in [0.1, 0.15) is 11.9 Å². The van der Waals surface area contributed by atoms with E-state index in [4.69, 9.17) is 4.74 Å². The predicted molar refractivity (Wildman–Crippen MR) is 87.6 cm³/mol. The lowest BCUT2D eigenvalue weighted by Gasteiger charge is -2.27. The van der Waals surface area contributed by atoms with E-state index in [-0.39, 0.29) is 11.5 Å². The van der Waals surface area contributed by atoms with Crippen LogP contribution in [0.1, 0.15) is 59.4 Å². The molecule has 0 aromatic heterocycles. The minimum atomic E-state index is 0.193. The quantitative estimate of drug-likeness (QED) is 0.790. The van der Waals surface area contributed by atoms with E-state index < -0.39 is 0 Å². The molecular weight excluding hydrogens is 246 g/mol. The molecule has 2 atom stereocenters. The summed E-state index contributed by atoms with van der Waals surface area (Å²) in [7, 11) is 2.02. The Morgan fingerprint density at radius 3 is 2.10 bits per heavy atom. The van der Waals surface area contributed by atoms with Gasteiger partial charge in [0.2, 0.25) is 0 Å². The van der Waals surface area contributed by atoms with Crippen LogP contribution in [0, 0.1) is 0 Å². The molecule has 2 nitrogen and oxygen atoms in total. The third-order valence-electron chi connectivity index (χ3n) is 3.83. The van der Waals surface area contributed by atoms with E-state index in [2.05, 4.69) is 64.2 Å². The van der Waals surface area contributed by atoms with E-state index in [9.17, 15) is 0 Å². The summed E-state index contributed by atoms with van der Waals surface area (Å²) in [6.07, 6.45) is 3.58. The van der Waals surface area contributed by atoms with Crippen LogP contribution in [0.5, 0.6) is 5.75 Å². The van der Waals surface area contributed by atoms with Crippen LogP contribution in [0.15, 0.2) is 24.3 Å². The van der Waals surface area contributed by atoms with Gasteiger partial charge in [0.05, 0.1) is 0 Å². The zero-order valence-electron chi connectivity index (χ0n) is 14.0. The Morgan fingerprint density at radius 1 is 1.10 bits per heavy atom. The van der Waals surface area contributed by atoms with Crippen LogP contribution in [-0.2, 0) is 5.41 Å². The van der Waals surface area contributed by atoms with E-state index >= 15 is 0 Å². The lowest BCUT2D eigenvalue weighted by Crippen LogP contribution is -2.40. The molecule has 2 heteroatoms. The number of hydrogen-bond donors (Lipinski definition) is 1. The molecule has 0 fully saturated rings. The third kappa shape index (κ3) is 4.82. The maximum Gasteiger partial charge on any atom is 0.119 e. The molecule has 0 aliphatic carbocycles. The molecule has 0 spiro atoms. The smallest absolute Gasteiger partial charge is 0.119 e. The average molecular weight is 277 g/mol. The Hall–Kier alpha value is -1.02. The lowest BCUT2D eigenvalue weighted by molar-refractivity contribution is 0.146. The fourth-order valence-electron chi connectivity index (χ4n) is 2.49. The first-order valence-electron chi connectivity index (χ1n) is 7.86. The summed E-state index contributed by atoms with van der Waals surface area (Å²) in [6, 6.07) is 8.98. The molecule has 0 saturated heterocycles. The number of hydrogen-bond acceptors (Lipinski definition) is 2. The molecule has 0 aliphatic rings. The molecule has 1 N–H and O–H groups in total. The van der Waals surface area contributed by atoms with Gasteiger partial charge in [-0.3, -0.25) is 0 Å². The lowest BCUT2D eigenvalue weighted by atomic mass is 9.87. The number of benzene rings is 1. The van der Waals surface area contributed by atoms with Crippen LogP contribution >= 0.6 is 0 Å². The highest BCUT2D eigenvalue weighted by molar-refractivity contribution is 5.31. The van der Waals surface area contributed by atoms with Crippen molar-refractivity contribution in [3.63, 3.8) is 0 Å². The second-order valence-corrected chi connectivity index (χ2v) is 6.52. The van der Waals surface area contributed by atoms with Crippen molar-refractivity contribution >= 4 is 0 Å². The first kappa shape index (κ1) is 17.0. The Bertz CT molecular complexity index is 377. The molecule has 0 amide bonds. The van der Waals surface area contributed by atoms with Crippen molar-refractivity contribution in [2.75, 3.05) is 7.05 Å². The van der Waals surface area contributed by atoms with Gasteiger partial charge in [0.15, 0.2) is 0 Å². The monoisotopic (exact) mass is 277 g/mol.